The standard InChI is InChI=1S/C14H20N2O4/c1-14(8-20-14)13(19)11(6-10-4-2-3-5-10)16-12(18)7-15-9-17/h2-3,9-11H,4-8H2,1H3,(H,15,17)(H,16,18)/t11?,14-/m1/s1. The molecule has 0 aromatic carbocycles. The quantitative estimate of drug-likeness (QED) is 0.370. The summed E-state index contributed by atoms with van der Waals surface area (Å²) in [6.07, 6.45) is 7.13. The normalized spacial score (nSPS) is 26.1. The molecule has 110 valence electrons. The maximum atomic E-state index is 12.4. The van der Waals surface area contributed by atoms with Crippen molar-refractivity contribution in [3.05, 3.63) is 12.2 Å². The number of amides is 2. The van der Waals surface area contributed by atoms with Crippen LogP contribution >= 0.6 is 0 Å². The van der Waals surface area contributed by atoms with Crippen LogP contribution in [0.2, 0.25) is 0 Å². The van der Waals surface area contributed by atoms with Crippen LogP contribution in [0.5, 0.6) is 0 Å². The topological polar surface area (TPSA) is 87.8 Å². The zero-order valence-corrected chi connectivity index (χ0v) is 11.6. The third-order valence-electron chi connectivity index (χ3n) is 3.77. The van der Waals surface area contributed by atoms with Crippen LogP contribution in [0.4, 0.5) is 0 Å². The minimum absolute atomic E-state index is 0.0798. The van der Waals surface area contributed by atoms with Crippen molar-refractivity contribution in [1.82, 2.24) is 10.6 Å². The van der Waals surface area contributed by atoms with Gasteiger partial charge in [0, 0.05) is 0 Å². The van der Waals surface area contributed by atoms with Crippen LogP contribution in [0.25, 0.3) is 0 Å². The van der Waals surface area contributed by atoms with Crippen molar-refractivity contribution in [2.24, 2.45) is 5.92 Å². The van der Waals surface area contributed by atoms with Crippen molar-refractivity contribution in [2.45, 2.75) is 37.8 Å². The summed E-state index contributed by atoms with van der Waals surface area (Å²) in [4.78, 5) is 34.3. The van der Waals surface area contributed by atoms with E-state index in [2.05, 4.69) is 22.8 Å². The van der Waals surface area contributed by atoms with Crippen LogP contribution in [0.1, 0.15) is 26.2 Å². The first-order chi connectivity index (χ1) is 9.55. The summed E-state index contributed by atoms with van der Waals surface area (Å²) >= 11 is 0. The number of epoxide rings is 1. The van der Waals surface area contributed by atoms with Gasteiger partial charge in [0.05, 0.1) is 19.2 Å². The highest BCUT2D eigenvalue weighted by Crippen LogP contribution is 2.31. The van der Waals surface area contributed by atoms with Crippen molar-refractivity contribution in [3.63, 3.8) is 0 Å². The highest BCUT2D eigenvalue weighted by molar-refractivity contribution is 5.96. The predicted molar refractivity (Wildman–Crippen MR) is 71.8 cm³/mol. The summed E-state index contributed by atoms with van der Waals surface area (Å²) in [6, 6.07) is -0.548. The van der Waals surface area contributed by atoms with E-state index in [1.165, 1.54) is 0 Å². The summed E-state index contributed by atoms with van der Waals surface area (Å²) in [5.74, 6) is -0.0554. The van der Waals surface area contributed by atoms with E-state index in [9.17, 15) is 14.4 Å². The van der Waals surface area contributed by atoms with E-state index in [1.807, 2.05) is 0 Å². The van der Waals surface area contributed by atoms with Gasteiger partial charge < -0.3 is 15.4 Å². The van der Waals surface area contributed by atoms with E-state index in [4.69, 9.17) is 4.74 Å². The Labute approximate surface area is 117 Å². The molecule has 6 heteroatoms. The number of allylic oxidation sites excluding steroid dienone is 2. The maximum absolute atomic E-state index is 12.4. The van der Waals surface area contributed by atoms with Crippen LogP contribution in [-0.2, 0) is 19.1 Å². The number of carbonyl (C=O) groups is 3. The first-order valence-electron chi connectivity index (χ1n) is 6.85. The number of nitrogens with one attached hydrogen (secondary N) is 2. The molecule has 2 amide bonds. The number of hydrogen-bond donors (Lipinski definition) is 2. The number of ketones is 1. The van der Waals surface area contributed by atoms with Gasteiger partial charge in [-0.05, 0) is 32.1 Å². The molecule has 1 aliphatic heterocycles. The van der Waals surface area contributed by atoms with E-state index in [0.29, 0.717) is 25.4 Å². The second-order valence-electron chi connectivity index (χ2n) is 5.55. The molecule has 2 atom stereocenters. The molecule has 0 bridgehead atoms. The van der Waals surface area contributed by atoms with Gasteiger partial charge in [0.1, 0.15) is 5.60 Å². The van der Waals surface area contributed by atoms with Crippen molar-refractivity contribution < 1.29 is 19.1 Å². The zero-order valence-electron chi connectivity index (χ0n) is 11.6. The van der Waals surface area contributed by atoms with E-state index in [1.54, 1.807) is 6.92 Å². The van der Waals surface area contributed by atoms with Gasteiger partial charge in [0.25, 0.3) is 0 Å². The Bertz CT molecular complexity index is 421. The summed E-state index contributed by atoms with van der Waals surface area (Å²) in [5, 5.41) is 5.00. The van der Waals surface area contributed by atoms with Crippen molar-refractivity contribution in [3.8, 4) is 0 Å². The summed E-state index contributed by atoms with van der Waals surface area (Å²) in [7, 11) is 0. The molecular weight excluding hydrogens is 260 g/mol. The van der Waals surface area contributed by atoms with Gasteiger partial charge in [-0.25, -0.2) is 0 Å². The third-order valence-corrected chi connectivity index (χ3v) is 3.77. The Morgan fingerprint density at radius 1 is 1.45 bits per heavy atom. The smallest absolute Gasteiger partial charge is 0.239 e. The van der Waals surface area contributed by atoms with E-state index >= 15 is 0 Å². The number of Topliss-reactive ketones (excluding diaryl/α,β-unsaturated/α-hetero) is 1. The molecular formula is C14H20N2O4. The lowest BCUT2D eigenvalue weighted by Crippen LogP contribution is -2.49. The lowest BCUT2D eigenvalue weighted by Gasteiger charge is -2.22. The Morgan fingerprint density at radius 3 is 2.65 bits per heavy atom. The third kappa shape index (κ3) is 3.66. The van der Waals surface area contributed by atoms with Crippen molar-refractivity contribution in [2.75, 3.05) is 13.2 Å². The van der Waals surface area contributed by atoms with Crippen molar-refractivity contribution >= 4 is 18.1 Å². The lowest BCUT2D eigenvalue weighted by molar-refractivity contribution is -0.130. The van der Waals surface area contributed by atoms with Crippen molar-refractivity contribution in [1.29, 1.82) is 0 Å². The van der Waals surface area contributed by atoms with Crippen LogP contribution in [0.3, 0.4) is 0 Å². The fourth-order valence-corrected chi connectivity index (χ4v) is 2.43. The Balaban J connectivity index is 1.93. The molecule has 20 heavy (non-hydrogen) atoms. The number of hydrogen-bond acceptors (Lipinski definition) is 4. The van der Waals surface area contributed by atoms with E-state index in [-0.39, 0.29) is 18.2 Å². The highest BCUT2D eigenvalue weighted by atomic mass is 16.6. The molecule has 1 fully saturated rings. The second kappa shape index (κ2) is 6.17. The molecule has 2 aliphatic rings. The molecule has 2 rings (SSSR count). The highest BCUT2D eigenvalue weighted by Gasteiger charge is 2.50. The number of ether oxygens (including phenoxy) is 1. The monoisotopic (exact) mass is 280 g/mol. The van der Waals surface area contributed by atoms with Gasteiger partial charge in [-0.3, -0.25) is 14.4 Å². The second-order valence-corrected chi connectivity index (χ2v) is 5.55. The molecule has 1 unspecified atom stereocenters. The fraction of sp³-hybridized carbons (Fsp3) is 0.643. The largest absolute Gasteiger partial charge is 0.361 e. The van der Waals surface area contributed by atoms with Gasteiger partial charge in [0.2, 0.25) is 12.3 Å². The minimum Gasteiger partial charge on any atom is -0.361 e. The average Bonchev–Trinajstić information content (AvgIpc) is 2.98. The van der Waals surface area contributed by atoms with Gasteiger partial charge >= 0.3 is 0 Å². The summed E-state index contributed by atoms with van der Waals surface area (Å²) < 4.78 is 5.18. The van der Waals surface area contributed by atoms with E-state index < -0.39 is 11.6 Å². The molecule has 1 aliphatic carbocycles. The molecule has 6 nitrogen and oxygen atoms in total. The van der Waals surface area contributed by atoms with Gasteiger partial charge in [-0.15, -0.1) is 0 Å². The van der Waals surface area contributed by atoms with Crippen LogP contribution in [0, 0.1) is 5.92 Å². The maximum Gasteiger partial charge on any atom is 0.239 e. The molecule has 1 saturated heterocycles. The molecule has 0 spiro atoms. The van der Waals surface area contributed by atoms with Gasteiger partial charge in [0.15, 0.2) is 5.78 Å². The Kier molecular flexibility index (Phi) is 4.54. The molecule has 1 heterocycles. The van der Waals surface area contributed by atoms with Crippen LogP contribution in [0.15, 0.2) is 12.2 Å². The number of rotatable bonds is 8. The molecule has 0 aromatic rings. The van der Waals surface area contributed by atoms with E-state index in [0.717, 1.165) is 12.8 Å². The SMILES string of the molecule is C[C@]1(C(=O)C(CC2CC=CC2)NC(=O)CNC=O)CO1. The van der Waals surface area contributed by atoms with Gasteiger partial charge in [-0.1, -0.05) is 12.2 Å². The van der Waals surface area contributed by atoms with Gasteiger partial charge in [-0.2, -0.15) is 0 Å². The first-order valence-corrected chi connectivity index (χ1v) is 6.85. The predicted octanol–water partition coefficient (Wildman–Crippen LogP) is -0.0685. The average molecular weight is 280 g/mol. The molecule has 0 saturated carbocycles. The lowest BCUT2D eigenvalue weighted by atomic mass is 9.90. The summed E-state index contributed by atoms with van der Waals surface area (Å²) in [6.45, 7) is 2.03. The van der Waals surface area contributed by atoms with Crippen LogP contribution in [-0.4, -0.2) is 42.9 Å². The minimum atomic E-state index is -0.748. The summed E-state index contributed by atoms with van der Waals surface area (Å²) in [5.41, 5.74) is -0.748. The van der Waals surface area contributed by atoms with Crippen LogP contribution < -0.4 is 10.6 Å². The Hall–Kier alpha value is -1.69. The molecule has 0 aromatic heterocycles. The zero-order chi connectivity index (χ0) is 14.6. The molecule has 2 N–H and O–H groups in total. The first kappa shape index (κ1) is 14.7. The number of carbonyl (C=O) groups excluding carboxylic acids is 3. The molecule has 0 radical (unpaired) electrons. The Morgan fingerprint density at radius 2 is 2.10 bits per heavy atom. The fourth-order valence-electron chi connectivity index (χ4n) is 2.43.